The van der Waals surface area contributed by atoms with E-state index in [1.54, 1.807) is 18.3 Å². The Kier molecular flexibility index (Phi) is 4.47. The van der Waals surface area contributed by atoms with Crippen LogP contribution in [0.15, 0.2) is 58.1 Å². The first kappa shape index (κ1) is 13.5. The normalized spacial score (nSPS) is 10.6. The molecule has 0 radical (unpaired) electrons. The maximum Gasteiger partial charge on any atom is 0.271 e. The highest BCUT2D eigenvalue weighted by Crippen LogP contribution is 2.11. The van der Waals surface area contributed by atoms with Crippen LogP contribution in [0, 0.1) is 6.92 Å². The number of nitrogens with one attached hydrogen (secondary N) is 1. The van der Waals surface area contributed by atoms with Gasteiger partial charge >= 0.3 is 0 Å². The zero-order valence-corrected chi connectivity index (χ0v) is 12.0. The molecule has 0 saturated carbocycles. The molecular weight excluding hydrogens is 304 g/mol. The Morgan fingerprint density at radius 3 is 2.63 bits per heavy atom. The van der Waals surface area contributed by atoms with Crippen molar-refractivity contribution in [1.29, 1.82) is 0 Å². The molecule has 19 heavy (non-hydrogen) atoms. The molecule has 0 aliphatic carbocycles. The number of hydrogen-bond acceptors (Lipinski definition) is 2. The van der Waals surface area contributed by atoms with Crippen molar-refractivity contribution in [2.75, 3.05) is 0 Å². The van der Waals surface area contributed by atoms with Gasteiger partial charge < -0.3 is 0 Å². The number of amides is 1. The van der Waals surface area contributed by atoms with Gasteiger partial charge in [-0.3, -0.25) is 4.79 Å². The summed E-state index contributed by atoms with van der Waals surface area (Å²) < 4.78 is 0.864. The summed E-state index contributed by atoms with van der Waals surface area (Å²) in [5.74, 6) is -0.232. The summed E-state index contributed by atoms with van der Waals surface area (Å²) in [5.41, 5.74) is 5.20. The Hall–Kier alpha value is -1.94. The Balaban J connectivity index is 1.98. The maximum atomic E-state index is 11.8. The van der Waals surface area contributed by atoms with Crippen LogP contribution >= 0.6 is 15.9 Å². The number of hydrogen-bond donors (Lipinski definition) is 1. The molecule has 0 aliphatic rings. The second kappa shape index (κ2) is 6.29. The number of aryl methyl sites for hydroxylation is 1. The molecule has 0 fully saturated rings. The second-order valence-electron chi connectivity index (χ2n) is 4.12. The predicted octanol–water partition coefficient (Wildman–Crippen LogP) is 3.52. The zero-order chi connectivity index (χ0) is 13.7. The number of halogens is 1. The van der Waals surface area contributed by atoms with Crippen molar-refractivity contribution >= 4 is 28.1 Å². The smallest absolute Gasteiger partial charge is 0.267 e. The summed E-state index contributed by atoms with van der Waals surface area (Å²) in [5, 5.41) is 3.94. The fraction of sp³-hybridized carbons (Fsp3) is 0.0667. The van der Waals surface area contributed by atoms with Crippen molar-refractivity contribution in [3.63, 3.8) is 0 Å². The first-order chi connectivity index (χ1) is 9.15. The molecule has 0 saturated heterocycles. The average Bonchev–Trinajstić information content (AvgIpc) is 2.41. The van der Waals surface area contributed by atoms with E-state index >= 15 is 0 Å². The second-order valence-corrected chi connectivity index (χ2v) is 5.04. The lowest BCUT2D eigenvalue weighted by molar-refractivity contribution is 0.0955. The van der Waals surface area contributed by atoms with Gasteiger partial charge in [0.15, 0.2) is 0 Å². The third kappa shape index (κ3) is 4.03. The molecule has 0 heterocycles. The van der Waals surface area contributed by atoms with Crippen LogP contribution < -0.4 is 5.43 Å². The molecule has 0 atom stereocenters. The molecule has 2 rings (SSSR count). The van der Waals surface area contributed by atoms with Crippen molar-refractivity contribution < 1.29 is 4.79 Å². The molecule has 0 aromatic heterocycles. The number of nitrogens with zero attached hydrogens (tertiary/aromatic N) is 1. The van der Waals surface area contributed by atoms with E-state index in [1.165, 1.54) is 5.56 Å². The van der Waals surface area contributed by atoms with Gasteiger partial charge in [0, 0.05) is 10.0 Å². The van der Waals surface area contributed by atoms with Crippen LogP contribution in [-0.4, -0.2) is 12.1 Å². The summed E-state index contributed by atoms with van der Waals surface area (Å²) in [7, 11) is 0. The van der Waals surface area contributed by atoms with E-state index in [4.69, 9.17) is 0 Å². The van der Waals surface area contributed by atoms with Crippen LogP contribution in [-0.2, 0) is 0 Å². The van der Waals surface area contributed by atoms with Crippen LogP contribution in [0.3, 0.4) is 0 Å². The lowest BCUT2D eigenvalue weighted by Crippen LogP contribution is -2.17. The molecular formula is C15H13BrN2O. The monoisotopic (exact) mass is 316 g/mol. The van der Waals surface area contributed by atoms with Gasteiger partial charge in [0.1, 0.15) is 0 Å². The van der Waals surface area contributed by atoms with Gasteiger partial charge in [0.05, 0.1) is 6.21 Å². The number of benzene rings is 2. The SMILES string of the molecule is Cc1ccc(/C=N/NC(=O)c2cccc(Br)c2)cc1. The molecule has 1 N–H and O–H groups in total. The minimum Gasteiger partial charge on any atom is -0.267 e. The first-order valence-corrected chi connectivity index (χ1v) is 6.60. The average molecular weight is 317 g/mol. The number of rotatable bonds is 3. The minimum atomic E-state index is -0.232. The Morgan fingerprint density at radius 1 is 1.21 bits per heavy atom. The fourth-order valence-electron chi connectivity index (χ4n) is 1.51. The van der Waals surface area contributed by atoms with Gasteiger partial charge in [-0.05, 0) is 30.7 Å². The topological polar surface area (TPSA) is 41.5 Å². The van der Waals surface area contributed by atoms with Crippen molar-refractivity contribution in [3.05, 3.63) is 69.7 Å². The van der Waals surface area contributed by atoms with Crippen molar-refractivity contribution in [3.8, 4) is 0 Å². The lowest BCUT2D eigenvalue weighted by atomic mass is 10.2. The predicted molar refractivity (Wildman–Crippen MR) is 80.4 cm³/mol. The van der Waals surface area contributed by atoms with E-state index < -0.39 is 0 Å². The summed E-state index contributed by atoms with van der Waals surface area (Å²) in [6.07, 6.45) is 1.62. The van der Waals surface area contributed by atoms with Crippen molar-refractivity contribution in [1.82, 2.24) is 5.43 Å². The molecule has 1 amide bonds. The Bertz CT molecular complexity index is 606. The Morgan fingerprint density at radius 2 is 1.95 bits per heavy atom. The molecule has 4 heteroatoms. The van der Waals surface area contributed by atoms with Crippen LogP contribution in [0.25, 0.3) is 0 Å². The Labute approximate surface area is 120 Å². The molecule has 3 nitrogen and oxygen atoms in total. The molecule has 0 bridgehead atoms. The van der Waals surface area contributed by atoms with Gasteiger partial charge in [0.25, 0.3) is 5.91 Å². The van der Waals surface area contributed by atoms with Crippen LogP contribution in [0.5, 0.6) is 0 Å². The molecule has 0 unspecified atom stereocenters. The molecule has 2 aromatic carbocycles. The maximum absolute atomic E-state index is 11.8. The third-order valence-electron chi connectivity index (χ3n) is 2.54. The summed E-state index contributed by atoms with van der Waals surface area (Å²) >= 11 is 3.32. The fourth-order valence-corrected chi connectivity index (χ4v) is 1.91. The van der Waals surface area contributed by atoms with E-state index in [2.05, 4.69) is 26.5 Å². The largest absolute Gasteiger partial charge is 0.271 e. The van der Waals surface area contributed by atoms with E-state index in [1.807, 2.05) is 43.3 Å². The number of carbonyl (C=O) groups is 1. The van der Waals surface area contributed by atoms with E-state index in [0.717, 1.165) is 10.0 Å². The number of carbonyl (C=O) groups excluding carboxylic acids is 1. The third-order valence-corrected chi connectivity index (χ3v) is 3.04. The van der Waals surface area contributed by atoms with E-state index in [-0.39, 0.29) is 5.91 Å². The van der Waals surface area contributed by atoms with Gasteiger partial charge in [-0.1, -0.05) is 51.8 Å². The van der Waals surface area contributed by atoms with Crippen LogP contribution in [0.4, 0.5) is 0 Å². The summed E-state index contributed by atoms with van der Waals surface area (Å²) in [6.45, 7) is 2.02. The van der Waals surface area contributed by atoms with Gasteiger partial charge in [-0.2, -0.15) is 5.10 Å². The van der Waals surface area contributed by atoms with Crippen LogP contribution in [0.2, 0.25) is 0 Å². The lowest BCUT2D eigenvalue weighted by Gasteiger charge is -2.00. The molecule has 0 spiro atoms. The van der Waals surface area contributed by atoms with Crippen molar-refractivity contribution in [2.45, 2.75) is 6.92 Å². The molecule has 2 aromatic rings. The van der Waals surface area contributed by atoms with Crippen LogP contribution in [0.1, 0.15) is 21.5 Å². The summed E-state index contributed by atoms with van der Waals surface area (Å²) in [6, 6.07) is 15.1. The van der Waals surface area contributed by atoms with Crippen molar-refractivity contribution in [2.24, 2.45) is 5.10 Å². The van der Waals surface area contributed by atoms with E-state index in [0.29, 0.717) is 5.56 Å². The first-order valence-electron chi connectivity index (χ1n) is 5.81. The number of hydrazone groups is 1. The highest BCUT2D eigenvalue weighted by Gasteiger charge is 2.03. The zero-order valence-electron chi connectivity index (χ0n) is 10.4. The molecule has 96 valence electrons. The van der Waals surface area contributed by atoms with Gasteiger partial charge in [-0.25, -0.2) is 5.43 Å². The van der Waals surface area contributed by atoms with Gasteiger partial charge in [-0.15, -0.1) is 0 Å². The van der Waals surface area contributed by atoms with E-state index in [9.17, 15) is 4.79 Å². The summed E-state index contributed by atoms with van der Waals surface area (Å²) in [4.78, 5) is 11.8. The standard InChI is InChI=1S/C15H13BrN2O/c1-11-5-7-12(8-6-11)10-17-18-15(19)13-3-2-4-14(16)9-13/h2-10H,1H3,(H,18,19)/b17-10+. The highest BCUT2D eigenvalue weighted by molar-refractivity contribution is 9.10. The van der Waals surface area contributed by atoms with Gasteiger partial charge in [0.2, 0.25) is 0 Å². The quantitative estimate of drug-likeness (QED) is 0.683. The highest BCUT2D eigenvalue weighted by atomic mass is 79.9. The minimum absolute atomic E-state index is 0.232. The molecule has 0 aliphatic heterocycles.